The monoisotopic (exact) mass is 215 g/mol. The molecule has 0 unspecified atom stereocenters. The summed E-state index contributed by atoms with van der Waals surface area (Å²) in [5.74, 6) is 0. The summed E-state index contributed by atoms with van der Waals surface area (Å²) in [4.78, 5) is 0.133. The third kappa shape index (κ3) is 2.12. The van der Waals surface area contributed by atoms with Gasteiger partial charge in [0, 0.05) is 0 Å². The van der Waals surface area contributed by atoms with Gasteiger partial charge in [-0.05, 0) is 25.6 Å². The van der Waals surface area contributed by atoms with Crippen molar-refractivity contribution in [1.29, 1.82) is 0 Å². The van der Waals surface area contributed by atoms with Crippen LogP contribution in [0, 0.1) is 6.92 Å². The summed E-state index contributed by atoms with van der Waals surface area (Å²) >= 11 is 0. The average molecular weight is 215 g/mol. The van der Waals surface area contributed by atoms with Gasteiger partial charge in [-0.25, -0.2) is 13.1 Å². The average Bonchev–Trinajstić information content (AvgIpc) is 2.17. The van der Waals surface area contributed by atoms with Gasteiger partial charge in [0.1, 0.15) is 0 Å². The number of nitrogens with one attached hydrogen (secondary N) is 1. The van der Waals surface area contributed by atoms with E-state index in [-0.39, 0.29) is 11.5 Å². The predicted molar refractivity (Wildman–Crippen MR) is 53.3 cm³/mol. The number of hydrogen-bond donors (Lipinski definition) is 2. The summed E-state index contributed by atoms with van der Waals surface area (Å²) in [5.41, 5.74) is 1.34. The molecule has 2 N–H and O–H groups in total. The van der Waals surface area contributed by atoms with Crippen LogP contribution in [0.3, 0.4) is 0 Å². The summed E-state index contributed by atoms with van der Waals surface area (Å²) in [7, 11) is -2.12. The van der Waals surface area contributed by atoms with Crippen LogP contribution < -0.4 is 4.72 Å². The predicted octanol–water partition coefficient (Wildman–Crippen LogP) is 0.395. The Labute approximate surface area is 83.6 Å². The molecule has 0 fully saturated rings. The molecule has 1 rings (SSSR count). The molecular formula is C9H13NO3S. The Morgan fingerprint density at radius 2 is 2.07 bits per heavy atom. The molecule has 0 bridgehead atoms. The molecule has 0 aliphatic rings. The highest BCUT2D eigenvalue weighted by Gasteiger charge is 2.15. The Bertz CT molecular complexity index is 426. The van der Waals surface area contributed by atoms with E-state index in [1.807, 2.05) is 6.92 Å². The van der Waals surface area contributed by atoms with Crippen molar-refractivity contribution >= 4 is 10.0 Å². The highest BCUT2D eigenvalue weighted by Crippen LogP contribution is 2.16. The minimum absolute atomic E-state index is 0.133. The molecule has 0 saturated heterocycles. The number of rotatable bonds is 3. The van der Waals surface area contributed by atoms with Crippen molar-refractivity contribution in [3.8, 4) is 0 Å². The molecule has 1 aromatic carbocycles. The van der Waals surface area contributed by atoms with E-state index in [4.69, 9.17) is 5.11 Å². The molecule has 0 heterocycles. The minimum atomic E-state index is -3.47. The molecule has 78 valence electrons. The van der Waals surface area contributed by atoms with Crippen LogP contribution in [0.25, 0.3) is 0 Å². The lowest BCUT2D eigenvalue weighted by molar-refractivity contribution is 0.278. The Balaban J connectivity index is 3.35. The van der Waals surface area contributed by atoms with Crippen molar-refractivity contribution in [3.05, 3.63) is 29.3 Å². The molecule has 0 aliphatic carbocycles. The van der Waals surface area contributed by atoms with Crippen LogP contribution in [0.15, 0.2) is 23.1 Å². The molecule has 0 atom stereocenters. The first-order valence-electron chi connectivity index (χ1n) is 4.15. The molecule has 4 nitrogen and oxygen atoms in total. The summed E-state index contributed by atoms with van der Waals surface area (Å²) < 4.78 is 25.2. The molecule has 1 aromatic rings. The highest BCUT2D eigenvalue weighted by atomic mass is 32.2. The van der Waals surface area contributed by atoms with Gasteiger partial charge in [-0.1, -0.05) is 17.7 Å². The SMILES string of the molecule is CNS(=O)(=O)c1ccc(C)cc1CO. The maximum Gasteiger partial charge on any atom is 0.240 e. The van der Waals surface area contributed by atoms with E-state index in [0.29, 0.717) is 5.56 Å². The van der Waals surface area contributed by atoms with E-state index in [9.17, 15) is 8.42 Å². The minimum Gasteiger partial charge on any atom is -0.392 e. The van der Waals surface area contributed by atoms with Crippen LogP contribution in [0.2, 0.25) is 0 Å². The van der Waals surface area contributed by atoms with Gasteiger partial charge in [0.05, 0.1) is 11.5 Å². The number of aliphatic hydroxyl groups excluding tert-OH is 1. The van der Waals surface area contributed by atoms with Gasteiger partial charge < -0.3 is 5.11 Å². The van der Waals surface area contributed by atoms with E-state index in [2.05, 4.69) is 4.72 Å². The van der Waals surface area contributed by atoms with Crippen molar-refractivity contribution in [1.82, 2.24) is 4.72 Å². The summed E-state index contributed by atoms with van der Waals surface area (Å²) in [6.45, 7) is 1.56. The van der Waals surface area contributed by atoms with E-state index < -0.39 is 10.0 Å². The summed E-state index contributed by atoms with van der Waals surface area (Å²) in [6, 6.07) is 4.85. The molecule has 0 amide bonds. The van der Waals surface area contributed by atoms with Crippen molar-refractivity contribution < 1.29 is 13.5 Å². The normalized spacial score (nSPS) is 11.6. The first-order valence-corrected chi connectivity index (χ1v) is 5.63. The van der Waals surface area contributed by atoms with E-state index in [1.54, 1.807) is 12.1 Å². The molecule has 0 saturated carbocycles. The van der Waals surface area contributed by atoms with Crippen LogP contribution in [-0.2, 0) is 16.6 Å². The maximum atomic E-state index is 11.5. The number of sulfonamides is 1. The fraction of sp³-hybridized carbons (Fsp3) is 0.333. The standard InChI is InChI=1S/C9H13NO3S/c1-7-3-4-9(8(5-7)6-11)14(12,13)10-2/h3-5,10-11H,6H2,1-2H3. The number of aliphatic hydroxyl groups is 1. The first-order chi connectivity index (χ1) is 6.51. The number of hydrogen-bond acceptors (Lipinski definition) is 3. The second-order valence-electron chi connectivity index (χ2n) is 2.98. The zero-order valence-corrected chi connectivity index (χ0v) is 8.93. The summed E-state index contributed by atoms with van der Waals surface area (Å²) in [6.07, 6.45) is 0. The lowest BCUT2D eigenvalue weighted by atomic mass is 10.1. The molecule has 0 aliphatic heterocycles. The maximum absolute atomic E-state index is 11.5. The van der Waals surface area contributed by atoms with E-state index >= 15 is 0 Å². The number of aryl methyl sites for hydroxylation is 1. The zero-order chi connectivity index (χ0) is 10.8. The van der Waals surface area contributed by atoms with Gasteiger partial charge in [-0.15, -0.1) is 0 Å². The van der Waals surface area contributed by atoms with Gasteiger partial charge in [-0.2, -0.15) is 0 Å². The van der Waals surface area contributed by atoms with Gasteiger partial charge in [0.15, 0.2) is 0 Å². The zero-order valence-electron chi connectivity index (χ0n) is 8.11. The Morgan fingerprint density at radius 3 is 2.57 bits per heavy atom. The molecule has 0 radical (unpaired) electrons. The molecular weight excluding hydrogens is 202 g/mol. The highest BCUT2D eigenvalue weighted by molar-refractivity contribution is 7.89. The van der Waals surface area contributed by atoms with Crippen LogP contribution in [0.5, 0.6) is 0 Å². The van der Waals surface area contributed by atoms with E-state index in [1.165, 1.54) is 13.1 Å². The van der Waals surface area contributed by atoms with Crippen LogP contribution in [-0.4, -0.2) is 20.6 Å². The van der Waals surface area contributed by atoms with Gasteiger partial charge >= 0.3 is 0 Å². The van der Waals surface area contributed by atoms with Crippen molar-refractivity contribution in [2.45, 2.75) is 18.4 Å². The Hall–Kier alpha value is -0.910. The first kappa shape index (κ1) is 11.2. The second kappa shape index (κ2) is 4.08. The Morgan fingerprint density at radius 1 is 1.43 bits per heavy atom. The molecule has 0 spiro atoms. The lowest BCUT2D eigenvalue weighted by Crippen LogP contribution is -2.20. The second-order valence-corrected chi connectivity index (χ2v) is 4.83. The Kier molecular flexibility index (Phi) is 3.25. The topological polar surface area (TPSA) is 66.4 Å². The quantitative estimate of drug-likeness (QED) is 0.766. The van der Waals surface area contributed by atoms with Crippen LogP contribution in [0.1, 0.15) is 11.1 Å². The summed E-state index contributed by atoms with van der Waals surface area (Å²) in [5, 5.41) is 9.01. The van der Waals surface area contributed by atoms with Gasteiger partial charge in [-0.3, -0.25) is 0 Å². The van der Waals surface area contributed by atoms with Gasteiger partial charge in [0.2, 0.25) is 10.0 Å². The van der Waals surface area contributed by atoms with Crippen LogP contribution in [0.4, 0.5) is 0 Å². The van der Waals surface area contributed by atoms with E-state index in [0.717, 1.165) is 5.56 Å². The number of benzene rings is 1. The third-order valence-electron chi connectivity index (χ3n) is 1.94. The fourth-order valence-corrected chi connectivity index (χ4v) is 2.14. The third-order valence-corrected chi connectivity index (χ3v) is 3.46. The molecule has 5 heteroatoms. The largest absolute Gasteiger partial charge is 0.392 e. The smallest absolute Gasteiger partial charge is 0.240 e. The molecule has 14 heavy (non-hydrogen) atoms. The lowest BCUT2D eigenvalue weighted by Gasteiger charge is -2.08. The van der Waals surface area contributed by atoms with Crippen molar-refractivity contribution in [3.63, 3.8) is 0 Å². The molecule has 0 aromatic heterocycles. The van der Waals surface area contributed by atoms with Crippen molar-refractivity contribution in [2.24, 2.45) is 0 Å². The van der Waals surface area contributed by atoms with Gasteiger partial charge in [0.25, 0.3) is 0 Å². The van der Waals surface area contributed by atoms with Crippen LogP contribution >= 0.6 is 0 Å². The van der Waals surface area contributed by atoms with Crippen molar-refractivity contribution in [2.75, 3.05) is 7.05 Å². The fourth-order valence-electron chi connectivity index (χ4n) is 1.20.